The third kappa shape index (κ3) is 2.95. The molecule has 2 aromatic carbocycles. The van der Waals surface area contributed by atoms with E-state index < -0.39 is 36.5 Å². The highest BCUT2D eigenvalue weighted by Gasteiger charge is 2.57. The fourth-order valence-electron chi connectivity index (χ4n) is 3.44. The van der Waals surface area contributed by atoms with Gasteiger partial charge in [-0.3, -0.25) is 0 Å². The van der Waals surface area contributed by atoms with Gasteiger partial charge in [-0.05, 0) is 6.07 Å². The monoisotopic (exact) mass is 376 g/mol. The van der Waals surface area contributed by atoms with E-state index in [-0.39, 0.29) is 12.2 Å². The summed E-state index contributed by atoms with van der Waals surface area (Å²) in [5.41, 5.74) is 1.08. The Kier molecular flexibility index (Phi) is 4.79. The molecule has 3 N–H and O–H groups in total. The van der Waals surface area contributed by atoms with E-state index in [4.69, 9.17) is 14.2 Å². The molecule has 2 aromatic rings. The summed E-state index contributed by atoms with van der Waals surface area (Å²) >= 11 is 4.32. The van der Waals surface area contributed by atoms with Crippen LogP contribution in [0.15, 0.2) is 59.5 Å². The molecule has 2 heterocycles. The maximum atomic E-state index is 11.0. The largest absolute Gasteiger partial charge is 0.387 e. The topological polar surface area (TPSA) is 88.4 Å². The summed E-state index contributed by atoms with van der Waals surface area (Å²) in [7, 11) is 0. The third-order valence-corrected chi connectivity index (χ3v) is 5.20. The molecule has 6 atom stereocenters. The van der Waals surface area contributed by atoms with Gasteiger partial charge in [-0.2, -0.15) is 0 Å². The Balaban J connectivity index is 1.60. The minimum absolute atomic E-state index is 0.102. The fraction of sp³-hybridized carbons (Fsp3) is 0.368. The predicted molar refractivity (Wildman–Crippen MR) is 94.5 cm³/mol. The summed E-state index contributed by atoms with van der Waals surface area (Å²) in [5, 5.41) is 32.2. The lowest BCUT2D eigenvalue weighted by Gasteiger charge is -2.50. The number of hydrogen-bond acceptors (Lipinski definition) is 7. The molecular weight excluding hydrogens is 356 g/mol. The molecule has 4 rings (SSSR count). The zero-order valence-electron chi connectivity index (χ0n) is 13.8. The molecule has 0 aromatic heterocycles. The Hall–Kier alpha value is -1.45. The lowest BCUT2D eigenvalue weighted by Crippen LogP contribution is -2.65. The number of rotatable bonds is 2. The van der Waals surface area contributed by atoms with Gasteiger partial charge in [0.1, 0.15) is 24.4 Å². The van der Waals surface area contributed by atoms with E-state index in [9.17, 15) is 15.3 Å². The first-order chi connectivity index (χ1) is 12.5. The number of benzene rings is 2. The average Bonchev–Trinajstić information content (AvgIpc) is 2.67. The molecule has 2 aliphatic heterocycles. The molecule has 2 saturated heterocycles. The van der Waals surface area contributed by atoms with Gasteiger partial charge in [0, 0.05) is 16.0 Å². The summed E-state index contributed by atoms with van der Waals surface area (Å²) in [6.45, 7) is 0.102. The molecule has 0 amide bonds. The second-order valence-electron chi connectivity index (χ2n) is 6.48. The minimum atomic E-state index is -2.11. The van der Waals surface area contributed by atoms with Crippen molar-refractivity contribution in [1.29, 1.82) is 0 Å². The van der Waals surface area contributed by atoms with Gasteiger partial charge >= 0.3 is 0 Å². The van der Waals surface area contributed by atoms with Crippen molar-refractivity contribution in [3.63, 3.8) is 0 Å². The molecule has 0 radical (unpaired) electrons. The lowest BCUT2D eigenvalue weighted by molar-refractivity contribution is -0.399. The molecule has 2 aliphatic rings. The molecule has 138 valence electrons. The molecule has 26 heavy (non-hydrogen) atoms. The van der Waals surface area contributed by atoms with Gasteiger partial charge in [-0.25, -0.2) is 0 Å². The summed E-state index contributed by atoms with van der Waals surface area (Å²) in [5.74, 6) is -2.11. The highest BCUT2D eigenvalue weighted by atomic mass is 32.1. The van der Waals surface area contributed by atoms with Crippen molar-refractivity contribution in [1.82, 2.24) is 0 Å². The molecule has 0 spiro atoms. The summed E-state index contributed by atoms with van der Waals surface area (Å²) in [6, 6.07) is 16.0. The molecule has 1 unspecified atom stereocenters. The molecule has 0 aliphatic carbocycles. The van der Waals surface area contributed by atoms with Crippen molar-refractivity contribution in [3.8, 4) is 0 Å². The maximum Gasteiger partial charge on any atom is 0.223 e. The van der Waals surface area contributed by atoms with Crippen molar-refractivity contribution in [2.45, 2.75) is 41.4 Å². The Morgan fingerprint density at radius 3 is 2.42 bits per heavy atom. The van der Waals surface area contributed by atoms with E-state index in [0.29, 0.717) is 4.90 Å². The van der Waals surface area contributed by atoms with Crippen LogP contribution in [0.3, 0.4) is 0 Å². The van der Waals surface area contributed by atoms with Crippen LogP contribution in [0.2, 0.25) is 0 Å². The van der Waals surface area contributed by atoms with Gasteiger partial charge in [-0.1, -0.05) is 48.5 Å². The smallest absolute Gasteiger partial charge is 0.223 e. The highest BCUT2D eigenvalue weighted by Crippen LogP contribution is 2.42. The predicted octanol–water partition coefficient (Wildman–Crippen LogP) is 1.36. The van der Waals surface area contributed by atoms with Crippen LogP contribution in [0.5, 0.6) is 0 Å². The Bertz CT molecular complexity index is 770. The molecule has 0 saturated carbocycles. The van der Waals surface area contributed by atoms with Gasteiger partial charge in [0.05, 0.1) is 6.61 Å². The van der Waals surface area contributed by atoms with Gasteiger partial charge in [0.2, 0.25) is 5.79 Å². The number of aliphatic hydroxyl groups is 3. The van der Waals surface area contributed by atoms with E-state index in [0.717, 1.165) is 5.56 Å². The third-order valence-electron chi connectivity index (χ3n) is 4.81. The van der Waals surface area contributed by atoms with Crippen molar-refractivity contribution in [2.75, 3.05) is 6.61 Å². The van der Waals surface area contributed by atoms with E-state index in [1.165, 1.54) is 0 Å². The van der Waals surface area contributed by atoms with Crippen LogP contribution in [0.25, 0.3) is 0 Å². The Morgan fingerprint density at radius 2 is 1.69 bits per heavy atom. The van der Waals surface area contributed by atoms with Crippen molar-refractivity contribution in [3.05, 3.63) is 65.7 Å². The van der Waals surface area contributed by atoms with Gasteiger partial charge in [0.25, 0.3) is 0 Å². The fourth-order valence-corrected chi connectivity index (χ4v) is 3.76. The maximum absolute atomic E-state index is 11.0. The SMILES string of the molecule is O[C@H]1[C@H]2OC(c3ccccc3)OC[C@H]2O[C@](O)(c2ccccc2S)[C@@H]1O. The van der Waals surface area contributed by atoms with Gasteiger partial charge < -0.3 is 29.5 Å². The lowest BCUT2D eigenvalue weighted by atomic mass is 9.87. The first-order valence-electron chi connectivity index (χ1n) is 8.37. The molecular formula is C19H20O6S. The number of hydrogen-bond donors (Lipinski definition) is 4. The zero-order chi connectivity index (χ0) is 18.3. The highest BCUT2D eigenvalue weighted by molar-refractivity contribution is 7.80. The van der Waals surface area contributed by atoms with Crippen LogP contribution in [-0.4, -0.2) is 46.3 Å². The van der Waals surface area contributed by atoms with Crippen LogP contribution in [0.4, 0.5) is 0 Å². The second kappa shape index (κ2) is 6.94. The zero-order valence-corrected chi connectivity index (χ0v) is 14.7. The van der Waals surface area contributed by atoms with Crippen molar-refractivity contribution < 1.29 is 29.5 Å². The van der Waals surface area contributed by atoms with Gasteiger partial charge in [-0.15, -0.1) is 12.6 Å². The van der Waals surface area contributed by atoms with Crippen LogP contribution < -0.4 is 0 Å². The van der Waals surface area contributed by atoms with E-state index in [2.05, 4.69) is 12.6 Å². The number of thiol groups is 1. The summed E-state index contributed by atoms with van der Waals surface area (Å²) < 4.78 is 17.3. The number of fused-ring (bicyclic) bond motifs is 1. The minimum Gasteiger partial charge on any atom is -0.387 e. The molecule has 7 heteroatoms. The quantitative estimate of drug-likeness (QED) is 0.592. The van der Waals surface area contributed by atoms with Crippen molar-refractivity contribution in [2.24, 2.45) is 0 Å². The van der Waals surface area contributed by atoms with Gasteiger partial charge in [0.15, 0.2) is 6.29 Å². The van der Waals surface area contributed by atoms with E-state index in [1.54, 1.807) is 24.3 Å². The molecule has 2 fully saturated rings. The van der Waals surface area contributed by atoms with Crippen LogP contribution in [0, 0.1) is 0 Å². The Labute approximate surface area is 156 Å². The van der Waals surface area contributed by atoms with Crippen LogP contribution in [-0.2, 0) is 20.0 Å². The second-order valence-corrected chi connectivity index (χ2v) is 6.96. The van der Waals surface area contributed by atoms with E-state index in [1.807, 2.05) is 30.3 Å². The van der Waals surface area contributed by atoms with Crippen LogP contribution >= 0.6 is 12.6 Å². The molecule has 0 bridgehead atoms. The van der Waals surface area contributed by atoms with Crippen LogP contribution in [0.1, 0.15) is 17.4 Å². The molecule has 6 nitrogen and oxygen atoms in total. The van der Waals surface area contributed by atoms with Crippen molar-refractivity contribution >= 4 is 12.6 Å². The first kappa shape index (κ1) is 17.9. The first-order valence-corrected chi connectivity index (χ1v) is 8.82. The average molecular weight is 376 g/mol. The Morgan fingerprint density at radius 1 is 1.00 bits per heavy atom. The summed E-state index contributed by atoms with van der Waals surface area (Å²) in [4.78, 5) is 0.444. The van der Waals surface area contributed by atoms with E-state index >= 15 is 0 Å². The normalized spacial score (nSPS) is 37.2. The number of aliphatic hydroxyl groups excluding tert-OH is 2. The number of ether oxygens (including phenoxy) is 3. The standard InChI is InChI=1S/C19H20O6S/c20-15-16-13(10-23-18(24-16)11-6-2-1-3-7-11)25-19(22,17(15)21)12-8-4-5-9-14(12)26/h1-9,13,15-18,20-22,26H,10H2/t13-,15+,16+,17-,18?,19-/m1/s1. The summed E-state index contributed by atoms with van der Waals surface area (Å²) in [6.07, 6.45) is -5.22.